The molecule has 1 atom stereocenters. The predicted molar refractivity (Wildman–Crippen MR) is 128 cm³/mol. The summed E-state index contributed by atoms with van der Waals surface area (Å²) in [7, 11) is 0. The zero-order valence-electron chi connectivity index (χ0n) is 20.2. The molecule has 1 N–H and O–H groups in total. The Balaban J connectivity index is 1.66. The van der Waals surface area contributed by atoms with E-state index in [9.17, 15) is 14.7 Å². The number of ketones is 1. The summed E-state index contributed by atoms with van der Waals surface area (Å²) in [5.41, 5.74) is 0.651. The fraction of sp³-hybridized carbons (Fsp3) is 0.462. The number of morpholine rings is 1. The van der Waals surface area contributed by atoms with Gasteiger partial charge in [-0.2, -0.15) is 0 Å². The lowest BCUT2D eigenvalue weighted by Gasteiger charge is -2.30. The Morgan fingerprint density at radius 2 is 1.83 bits per heavy atom. The number of amides is 1. The van der Waals surface area contributed by atoms with Crippen molar-refractivity contribution in [3.05, 3.63) is 59.3 Å². The predicted octanol–water partition coefficient (Wildman–Crippen LogP) is 3.38. The highest BCUT2D eigenvalue weighted by atomic mass is 16.5. The first-order chi connectivity index (χ1) is 17.0. The monoisotopic (exact) mass is 484 g/mol. The molecule has 3 heterocycles. The van der Waals surface area contributed by atoms with Crippen LogP contribution in [0.2, 0.25) is 0 Å². The van der Waals surface area contributed by atoms with Crippen molar-refractivity contribution in [2.24, 2.45) is 0 Å². The third kappa shape index (κ3) is 5.36. The maximum Gasteiger partial charge on any atom is 0.290 e. The minimum Gasteiger partial charge on any atom is -0.503 e. The zero-order valence-corrected chi connectivity index (χ0v) is 20.2. The maximum atomic E-state index is 13.3. The van der Waals surface area contributed by atoms with E-state index < -0.39 is 23.5 Å². The van der Waals surface area contributed by atoms with Crippen LogP contribution in [0, 0.1) is 0 Å². The molecule has 2 aromatic rings. The molecule has 1 fully saturated rings. The van der Waals surface area contributed by atoms with Crippen molar-refractivity contribution in [2.45, 2.75) is 26.3 Å². The van der Waals surface area contributed by atoms with Crippen molar-refractivity contribution >= 4 is 11.7 Å². The topological polar surface area (TPSA) is 102 Å². The second kappa shape index (κ2) is 11.4. The summed E-state index contributed by atoms with van der Waals surface area (Å²) in [6.07, 6.45) is 2.08. The van der Waals surface area contributed by atoms with Gasteiger partial charge in [-0.25, -0.2) is 0 Å². The molecule has 2 aliphatic rings. The number of hydrogen-bond donors (Lipinski definition) is 1. The van der Waals surface area contributed by atoms with Gasteiger partial charge in [-0.05, 0) is 50.1 Å². The Labute approximate surface area is 204 Å². The van der Waals surface area contributed by atoms with Crippen LogP contribution in [0.5, 0.6) is 11.5 Å². The quantitative estimate of drug-likeness (QED) is 0.485. The van der Waals surface area contributed by atoms with Crippen LogP contribution in [0.25, 0.3) is 0 Å². The maximum absolute atomic E-state index is 13.3. The highest BCUT2D eigenvalue weighted by Gasteiger charge is 2.44. The normalized spacial score (nSPS) is 18.9. The Morgan fingerprint density at radius 1 is 1.09 bits per heavy atom. The Kier molecular flexibility index (Phi) is 8.09. The summed E-state index contributed by atoms with van der Waals surface area (Å²) in [6, 6.07) is 7.68. The molecule has 0 aliphatic carbocycles. The van der Waals surface area contributed by atoms with Gasteiger partial charge in [0, 0.05) is 26.2 Å². The Morgan fingerprint density at radius 3 is 2.51 bits per heavy atom. The third-order valence-corrected chi connectivity index (χ3v) is 6.15. The lowest BCUT2D eigenvalue weighted by atomic mass is 9.94. The number of furan rings is 1. The van der Waals surface area contributed by atoms with E-state index >= 15 is 0 Å². The first kappa shape index (κ1) is 24.8. The molecule has 9 nitrogen and oxygen atoms in total. The van der Waals surface area contributed by atoms with E-state index in [0.29, 0.717) is 56.5 Å². The molecule has 0 bridgehead atoms. The van der Waals surface area contributed by atoms with Gasteiger partial charge in [-0.1, -0.05) is 6.07 Å². The minimum absolute atomic E-state index is 0.00271. The fourth-order valence-electron chi connectivity index (χ4n) is 4.53. The van der Waals surface area contributed by atoms with Gasteiger partial charge in [0.2, 0.25) is 5.78 Å². The molecule has 1 amide bonds. The molecule has 0 unspecified atom stereocenters. The number of carbonyl (C=O) groups is 2. The van der Waals surface area contributed by atoms with Gasteiger partial charge in [0.15, 0.2) is 23.0 Å². The van der Waals surface area contributed by atoms with Crippen LogP contribution in [0.3, 0.4) is 0 Å². The molecule has 35 heavy (non-hydrogen) atoms. The number of Topliss-reactive ketones (excluding diaryl/α,β-unsaturated/α-hetero) is 1. The van der Waals surface area contributed by atoms with Crippen LogP contribution in [-0.4, -0.2) is 79.2 Å². The minimum atomic E-state index is -0.778. The van der Waals surface area contributed by atoms with Gasteiger partial charge < -0.3 is 28.6 Å². The highest BCUT2D eigenvalue weighted by Crippen LogP contribution is 2.42. The molecule has 1 aromatic carbocycles. The van der Waals surface area contributed by atoms with Gasteiger partial charge in [-0.15, -0.1) is 0 Å². The molecule has 4 rings (SSSR count). The van der Waals surface area contributed by atoms with Crippen LogP contribution in [-0.2, 0) is 9.53 Å². The largest absolute Gasteiger partial charge is 0.503 e. The molecule has 0 saturated carbocycles. The summed E-state index contributed by atoms with van der Waals surface area (Å²) < 4.78 is 22.2. The summed E-state index contributed by atoms with van der Waals surface area (Å²) >= 11 is 0. The number of rotatable bonds is 11. The average molecular weight is 485 g/mol. The van der Waals surface area contributed by atoms with Crippen LogP contribution < -0.4 is 9.47 Å². The lowest BCUT2D eigenvalue weighted by molar-refractivity contribution is -0.129. The molecule has 2 aliphatic heterocycles. The second-order valence-electron chi connectivity index (χ2n) is 8.35. The van der Waals surface area contributed by atoms with Crippen molar-refractivity contribution in [1.29, 1.82) is 0 Å². The highest BCUT2D eigenvalue weighted by molar-refractivity contribution is 6.15. The molecule has 0 spiro atoms. The molecule has 1 aromatic heterocycles. The van der Waals surface area contributed by atoms with E-state index in [1.807, 2.05) is 13.8 Å². The van der Waals surface area contributed by atoms with Gasteiger partial charge in [-0.3, -0.25) is 14.5 Å². The summed E-state index contributed by atoms with van der Waals surface area (Å²) in [4.78, 5) is 30.3. The van der Waals surface area contributed by atoms with Crippen LogP contribution in [0.4, 0.5) is 0 Å². The number of ether oxygens (including phenoxy) is 3. The molecule has 9 heteroatoms. The lowest BCUT2D eigenvalue weighted by Crippen LogP contribution is -2.39. The van der Waals surface area contributed by atoms with Gasteiger partial charge >= 0.3 is 0 Å². The van der Waals surface area contributed by atoms with Crippen molar-refractivity contribution in [3.63, 3.8) is 0 Å². The second-order valence-corrected chi connectivity index (χ2v) is 8.35. The Hall–Kier alpha value is -3.30. The SMILES string of the molecule is CCOc1ccc([C@@H]2C(C(=O)c3ccco3)=C(O)C(=O)N2CCCN2CCOCC2)cc1OCC. The van der Waals surface area contributed by atoms with E-state index in [1.165, 1.54) is 12.3 Å². The van der Waals surface area contributed by atoms with E-state index in [4.69, 9.17) is 18.6 Å². The van der Waals surface area contributed by atoms with Gasteiger partial charge in [0.05, 0.1) is 44.3 Å². The molecule has 1 saturated heterocycles. The number of hydrogen-bond acceptors (Lipinski definition) is 8. The van der Waals surface area contributed by atoms with Crippen LogP contribution in [0.15, 0.2) is 52.3 Å². The zero-order chi connectivity index (χ0) is 24.8. The van der Waals surface area contributed by atoms with E-state index in [0.717, 1.165) is 19.6 Å². The first-order valence-electron chi connectivity index (χ1n) is 12.1. The summed E-state index contributed by atoms with van der Waals surface area (Å²) in [6.45, 7) is 8.90. The van der Waals surface area contributed by atoms with Crippen molar-refractivity contribution < 1.29 is 33.3 Å². The van der Waals surface area contributed by atoms with Crippen LogP contribution >= 0.6 is 0 Å². The van der Waals surface area contributed by atoms with Crippen molar-refractivity contribution in [1.82, 2.24) is 9.80 Å². The van der Waals surface area contributed by atoms with Gasteiger partial charge in [0.1, 0.15) is 0 Å². The number of aliphatic hydroxyl groups is 1. The molecular weight excluding hydrogens is 452 g/mol. The standard InChI is InChI=1S/C26H32N2O7/c1-3-33-19-9-8-18(17-21(19)34-4-2)23-22(24(29)20-7-5-14-35-20)25(30)26(31)28(23)11-6-10-27-12-15-32-16-13-27/h5,7-9,14,17,23,30H,3-4,6,10-13,15-16H2,1-2H3/t23-/m1/s1. The average Bonchev–Trinajstić information content (AvgIpc) is 3.49. The molecule has 188 valence electrons. The fourth-order valence-corrected chi connectivity index (χ4v) is 4.53. The number of carbonyl (C=O) groups excluding carboxylic acids is 2. The van der Waals surface area contributed by atoms with Crippen molar-refractivity contribution in [2.75, 3.05) is 52.6 Å². The smallest absolute Gasteiger partial charge is 0.290 e. The summed E-state index contributed by atoms with van der Waals surface area (Å²) in [5.74, 6) is -0.477. The molecule has 0 radical (unpaired) electrons. The first-order valence-corrected chi connectivity index (χ1v) is 12.1. The van der Waals surface area contributed by atoms with Crippen molar-refractivity contribution in [3.8, 4) is 11.5 Å². The third-order valence-electron chi connectivity index (χ3n) is 6.15. The number of nitrogens with zero attached hydrogens (tertiary/aromatic N) is 2. The number of benzene rings is 1. The van der Waals surface area contributed by atoms with Gasteiger partial charge in [0.25, 0.3) is 5.91 Å². The van der Waals surface area contributed by atoms with E-state index in [-0.39, 0.29) is 11.3 Å². The van der Waals surface area contributed by atoms with E-state index in [2.05, 4.69) is 4.90 Å². The van der Waals surface area contributed by atoms with E-state index in [1.54, 1.807) is 29.2 Å². The Bertz CT molecular complexity index is 1060. The summed E-state index contributed by atoms with van der Waals surface area (Å²) in [5, 5.41) is 10.8. The number of aliphatic hydroxyl groups excluding tert-OH is 1. The van der Waals surface area contributed by atoms with Crippen LogP contribution in [0.1, 0.15) is 42.4 Å². The molecular formula is C26H32N2O7.